The van der Waals surface area contributed by atoms with Crippen molar-refractivity contribution in [2.75, 3.05) is 13.1 Å². The fraction of sp³-hybridized carbons (Fsp3) is 0.471. The minimum atomic E-state index is -0.396. The molecule has 0 atom stereocenters. The summed E-state index contributed by atoms with van der Waals surface area (Å²) in [5.41, 5.74) is 1.73. The van der Waals surface area contributed by atoms with Gasteiger partial charge in [0.1, 0.15) is 11.6 Å². The summed E-state index contributed by atoms with van der Waals surface area (Å²) in [5.74, 6) is 1.22. The molecule has 0 unspecified atom stereocenters. The Morgan fingerprint density at radius 3 is 2.68 bits per heavy atom. The lowest BCUT2D eigenvalue weighted by molar-refractivity contribution is 0.420. The van der Waals surface area contributed by atoms with Crippen molar-refractivity contribution in [3.8, 4) is 11.3 Å². The van der Waals surface area contributed by atoms with E-state index in [4.69, 9.17) is 16.6 Å². The van der Waals surface area contributed by atoms with Gasteiger partial charge in [-0.3, -0.25) is 0 Å². The van der Waals surface area contributed by atoms with Gasteiger partial charge < -0.3 is 9.88 Å². The molecular weight excluding hydrogens is 301 g/mol. The Hall–Kier alpha value is -1.39. The molecule has 0 radical (unpaired) electrons. The molecule has 1 aromatic heterocycles. The smallest absolute Gasteiger partial charge is 0.141 e. The second-order valence-electron chi connectivity index (χ2n) is 6.14. The molecular formula is C17H21ClFN3. The molecule has 0 aliphatic carbocycles. The van der Waals surface area contributed by atoms with Crippen molar-refractivity contribution in [2.24, 2.45) is 0 Å². The molecule has 1 aliphatic heterocycles. The zero-order chi connectivity index (χ0) is 15.7. The number of nitrogens with zero attached hydrogens (tertiary/aromatic N) is 2. The van der Waals surface area contributed by atoms with E-state index in [9.17, 15) is 4.39 Å². The Bertz CT molecular complexity index is 660. The summed E-state index contributed by atoms with van der Waals surface area (Å²) >= 11 is 5.90. The average molecular weight is 322 g/mol. The molecule has 0 amide bonds. The number of halogens is 2. The average Bonchev–Trinajstić information content (AvgIpc) is 2.96. The maximum atomic E-state index is 13.4. The lowest BCUT2D eigenvalue weighted by atomic mass is 9.97. The van der Waals surface area contributed by atoms with Crippen LogP contribution in [-0.4, -0.2) is 22.6 Å². The second kappa shape index (κ2) is 6.39. The number of aromatic nitrogens is 2. The van der Waals surface area contributed by atoms with Crippen LogP contribution >= 0.6 is 11.6 Å². The van der Waals surface area contributed by atoms with Crippen molar-refractivity contribution < 1.29 is 4.39 Å². The fourth-order valence-electron chi connectivity index (χ4n) is 3.00. The van der Waals surface area contributed by atoms with Crippen molar-refractivity contribution in [3.63, 3.8) is 0 Å². The van der Waals surface area contributed by atoms with E-state index in [1.54, 1.807) is 12.1 Å². The van der Waals surface area contributed by atoms with E-state index in [1.165, 1.54) is 6.07 Å². The third-order valence-corrected chi connectivity index (χ3v) is 4.53. The first-order chi connectivity index (χ1) is 10.6. The third kappa shape index (κ3) is 3.03. The summed E-state index contributed by atoms with van der Waals surface area (Å²) in [4.78, 5) is 4.85. The van der Waals surface area contributed by atoms with E-state index in [0.717, 1.165) is 43.0 Å². The summed E-state index contributed by atoms with van der Waals surface area (Å²) in [7, 11) is 0. The number of hydrogen-bond acceptors (Lipinski definition) is 2. The molecule has 2 heterocycles. The molecule has 3 nitrogen and oxygen atoms in total. The maximum Gasteiger partial charge on any atom is 0.141 e. The van der Waals surface area contributed by atoms with Crippen LogP contribution in [0.1, 0.15) is 44.5 Å². The molecule has 1 aromatic carbocycles. The van der Waals surface area contributed by atoms with Gasteiger partial charge in [-0.1, -0.05) is 11.6 Å². The van der Waals surface area contributed by atoms with Gasteiger partial charge in [-0.2, -0.15) is 0 Å². The molecule has 22 heavy (non-hydrogen) atoms. The van der Waals surface area contributed by atoms with Gasteiger partial charge in [0.2, 0.25) is 0 Å². The molecule has 3 rings (SSSR count). The molecule has 0 spiro atoms. The zero-order valence-corrected chi connectivity index (χ0v) is 13.7. The van der Waals surface area contributed by atoms with Crippen LogP contribution in [0.4, 0.5) is 4.39 Å². The number of imidazole rings is 1. The molecule has 5 heteroatoms. The van der Waals surface area contributed by atoms with Gasteiger partial charge in [-0.15, -0.1) is 0 Å². The van der Waals surface area contributed by atoms with Gasteiger partial charge in [0.25, 0.3) is 0 Å². The largest absolute Gasteiger partial charge is 0.332 e. The molecule has 2 aromatic rings. The van der Waals surface area contributed by atoms with Crippen molar-refractivity contribution in [1.29, 1.82) is 0 Å². The number of nitrogens with one attached hydrogen (secondary N) is 1. The molecule has 0 saturated carbocycles. The minimum absolute atomic E-state index is 0.139. The van der Waals surface area contributed by atoms with Gasteiger partial charge >= 0.3 is 0 Å². The van der Waals surface area contributed by atoms with Crippen molar-refractivity contribution in [2.45, 2.75) is 38.6 Å². The zero-order valence-electron chi connectivity index (χ0n) is 12.9. The molecule has 1 fully saturated rings. The lowest BCUT2D eigenvalue weighted by Crippen LogP contribution is -2.28. The van der Waals surface area contributed by atoms with Crippen molar-refractivity contribution in [3.05, 3.63) is 41.1 Å². The van der Waals surface area contributed by atoms with E-state index in [1.807, 2.05) is 0 Å². The first-order valence-electron chi connectivity index (χ1n) is 7.81. The summed E-state index contributed by atoms with van der Waals surface area (Å²) in [6, 6.07) is 5.13. The van der Waals surface area contributed by atoms with E-state index in [0.29, 0.717) is 12.0 Å². The number of hydrogen-bond donors (Lipinski definition) is 1. The van der Waals surface area contributed by atoms with Crippen LogP contribution < -0.4 is 5.32 Å². The van der Waals surface area contributed by atoms with Gasteiger partial charge in [-0.05, 0) is 58.0 Å². The SMILES string of the molecule is CC(C)n1cc(-c2ccc(F)c(Cl)c2)nc1C1CCNCC1. The van der Waals surface area contributed by atoms with Crippen molar-refractivity contribution in [1.82, 2.24) is 14.9 Å². The maximum absolute atomic E-state index is 13.4. The highest BCUT2D eigenvalue weighted by Gasteiger charge is 2.22. The minimum Gasteiger partial charge on any atom is -0.332 e. The lowest BCUT2D eigenvalue weighted by Gasteiger charge is -2.24. The van der Waals surface area contributed by atoms with Gasteiger partial charge in [0.15, 0.2) is 0 Å². The Labute approximate surface area is 135 Å². The van der Waals surface area contributed by atoms with Crippen LogP contribution in [0.3, 0.4) is 0 Å². The summed E-state index contributed by atoms with van der Waals surface area (Å²) in [6.07, 6.45) is 4.27. The van der Waals surface area contributed by atoms with E-state index in [-0.39, 0.29) is 5.02 Å². The Morgan fingerprint density at radius 2 is 2.05 bits per heavy atom. The molecule has 118 valence electrons. The van der Waals surface area contributed by atoms with Crippen LogP contribution in [0, 0.1) is 5.82 Å². The number of rotatable bonds is 3. The Balaban J connectivity index is 2.00. The Morgan fingerprint density at radius 1 is 1.32 bits per heavy atom. The van der Waals surface area contributed by atoms with E-state index in [2.05, 4.69) is 29.9 Å². The highest BCUT2D eigenvalue weighted by Crippen LogP contribution is 2.31. The first-order valence-corrected chi connectivity index (χ1v) is 8.19. The third-order valence-electron chi connectivity index (χ3n) is 4.24. The standard InChI is InChI=1S/C17H21ClFN3/c1-11(2)22-10-16(13-3-4-15(19)14(18)9-13)21-17(22)12-5-7-20-8-6-12/h3-4,9-12,20H,5-8H2,1-2H3. The fourth-order valence-corrected chi connectivity index (χ4v) is 3.18. The molecule has 1 aliphatic rings. The molecule has 0 bridgehead atoms. The van der Waals surface area contributed by atoms with Gasteiger partial charge in [-0.25, -0.2) is 9.37 Å². The second-order valence-corrected chi connectivity index (χ2v) is 6.55. The van der Waals surface area contributed by atoms with E-state index < -0.39 is 5.82 Å². The summed E-state index contributed by atoms with van der Waals surface area (Å²) in [5, 5.41) is 3.53. The quantitative estimate of drug-likeness (QED) is 0.908. The normalized spacial score (nSPS) is 16.4. The van der Waals surface area contributed by atoms with Crippen LogP contribution in [-0.2, 0) is 0 Å². The number of benzene rings is 1. The van der Waals surface area contributed by atoms with Crippen molar-refractivity contribution >= 4 is 11.6 Å². The highest BCUT2D eigenvalue weighted by molar-refractivity contribution is 6.31. The summed E-state index contributed by atoms with van der Waals surface area (Å²) < 4.78 is 15.6. The van der Waals surface area contributed by atoms with Crippen LogP contribution in [0.25, 0.3) is 11.3 Å². The van der Waals surface area contributed by atoms with Crippen LogP contribution in [0.15, 0.2) is 24.4 Å². The van der Waals surface area contributed by atoms with Gasteiger partial charge in [0, 0.05) is 23.7 Å². The van der Waals surface area contributed by atoms with Gasteiger partial charge in [0.05, 0.1) is 10.7 Å². The van der Waals surface area contributed by atoms with Crippen LogP contribution in [0.5, 0.6) is 0 Å². The first kappa shape index (κ1) is 15.5. The molecule has 1 saturated heterocycles. The number of piperidine rings is 1. The van der Waals surface area contributed by atoms with Crippen LogP contribution in [0.2, 0.25) is 5.02 Å². The molecule has 1 N–H and O–H groups in total. The topological polar surface area (TPSA) is 29.9 Å². The monoisotopic (exact) mass is 321 g/mol. The van der Waals surface area contributed by atoms with E-state index >= 15 is 0 Å². The predicted octanol–water partition coefficient (Wildman–Crippen LogP) is 4.39. The summed E-state index contributed by atoms with van der Waals surface area (Å²) in [6.45, 7) is 6.39. The Kier molecular flexibility index (Phi) is 4.50. The highest BCUT2D eigenvalue weighted by atomic mass is 35.5. The predicted molar refractivity (Wildman–Crippen MR) is 87.9 cm³/mol.